The molecule has 2 heterocycles. The molecule has 1 aromatic rings. The Morgan fingerprint density at radius 1 is 1.12 bits per heavy atom. The fourth-order valence-electron chi connectivity index (χ4n) is 2.72. The number of hydrogen-bond acceptors (Lipinski definition) is 2. The van der Waals surface area contributed by atoms with Crippen molar-refractivity contribution in [3.05, 3.63) is 23.5 Å². The number of likely N-dealkylation sites (tertiary alicyclic amines) is 1. The highest BCUT2D eigenvalue weighted by molar-refractivity contribution is 5.16. The molecule has 1 saturated heterocycles. The third kappa shape index (κ3) is 1.84. The average molecular weight is 219 g/mol. The molecule has 0 radical (unpaired) electrons. The SMILES string of the molecule is Cc1ccc(C)n1NC1CCN(C2CC2)C1. The van der Waals surface area contributed by atoms with Crippen molar-refractivity contribution in [1.82, 2.24) is 9.58 Å². The molecule has 1 aliphatic carbocycles. The van der Waals surface area contributed by atoms with Gasteiger partial charge in [-0.2, -0.15) is 0 Å². The lowest BCUT2D eigenvalue weighted by Crippen LogP contribution is -2.33. The smallest absolute Gasteiger partial charge is 0.0563 e. The molecule has 1 aromatic heterocycles. The number of aromatic nitrogens is 1. The molecular formula is C13H21N3. The van der Waals surface area contributed by atoms with Gasteiger partial charge in [0.2, 0.25) is 0 Å². The van der Waals surface area contributed by atoms with E-state index in [1.807, 2.05) is 0 Å². The summed E-state index contributed by atoms with van der Waals surface area (Å²) in [5, 5.41) is 0. The number of hydrogen-bond donors (Lipinski definition) is 1. The monoisotopic (exact) mass is 219 g/mol. The van der Waals surface area contributed by atoms with Crippen molar-refractivity contribution in [1.29, 1.82) is 0 Å². The second-order valence-electron chi connectivity index (χ2n) is 5.29. The Morgan fingerprint density at radius 3 is 2.44 bits per heavy atom. The van der Waals surface area contributed by atoms with Gasteiger partial charge < -0.3 is 5.43 Å². The summed E-state index contributed by atoms with van der Waals surface area (Å²) in [5.41, 5.74) is 6.26. The second kappa shape index (κ2) is 3.81. The molecular weight excluding hydrogens is 198 g/mol. The Balaban J connectivity index is 1.63. The van der Waals surface area contributed by atoms with Crippen molar-refractivity contribution in [3.63, 3.8) is 0 Å². The molecule has 16 heavy (non-hydrogen) atoms. The predicted molar refractivity (Wildman–Crippen MR) is 66.3 cm³/mol. The molecule has 1 aliphatic heterocycles. The van der Waals surface area contributed by atoms with E-state index in [0.29, 0.717) is 6.04 Å². The lowest BCUT2D eigenvalue weighted by Gasteiger charge is -2.19. The molecule has 3 nitrogen and oxygen atoms in total. The number of rotatable bonds is 3. The first-order valence-electron chi connectivity index (χ1n) is 6.39. The second-order valence-corrected chi connectivity index (χ2v) is 5.29. The maximum atomic E-state index is 3.65. The first-order chi connectivity index (χ1) is 7.74. The molecule has 2 fully saturated rings. The molecule has 1 unspecified atom stereocenters. The van der Waals surface area contributed by atoms with E-state index in [-0.39, 0.29) is 0 Å². The van der Waals surface area contributed by atoms with E-state index >= 15 is 0 Å². The molecule has 0 aromatic carbocycles. The van der Waals surface area contributed by atoms with Crippen molar-refractivity contribution < 1.29 is 0 Å². The number of nitrogens with zero attached hydrogens (tertiary/aromatic N) is 2. The van der Waals surface area contributed by atoms with Crippen LogP contribution in [0.2, 0.25) is 0 Å². The van der Waals surface area contributed by atoms with E-state index in [1.165, 1.54) is 43.7 Å². The van der Waals surface area contributed by atoms with E-state index in [0.717, 1.165) is 6.04 Å². The lowest BCUT2D eigenvalue weighted by atomic mass is 10.3. The molecule has 1 atom stereocenters. The quantitative estimate of drug-likeness (QED) is 0.837. The minimum Gasteiger partial charge on any atom is -0.322 e. The summed E-state index contributed by atoms with van der Waals surface area (Å²) in [6.45, 7) is 6.82. The third-order valence-electron chi connectivity index (χ3n) is 3.87. The van der Waals surface area contributed by atoms with Gasteiger partial charge in [0.25, 0.3) is 0 Å². The third-order valence-corrected chi connectivity index (χ3v) is 3.87. The Labute approximate surface area is 97.4 Å². The normalized spacial score (nSPS) is 26.2. The largest absolute Gasteiger partial charge is 0.322 e. The fraction of sp³-hybridized carbons (Fsp3) is 0.692. The lowest BCUT2D eigenvalue weighted by molar-refractivity contribution is 0.324. The van der Waals surface area contributed by atoms with Crippen LogP contribution >= 0.6 is 0 Å². The maximum Gasteiger partial charge on any atom is 0.0563 e. The van der Waals surface area contributed by atoms with Gasteiger partial charge in [-0.15, -0.1) is 0 Å². The molecule has 3 rings (SSSR count). The van der Waals surface area contributed by atoms with Crippen LogP contribution in [0.5, 0.6) is 0 Å². The van der Waals surface area contributed by atoms with Gasteiger partial charge in [0.1, 0.15) is 0 Å². The van der Waals surface area contributed by atoms with Crippen LogP contribution in [0.4, 0.5) is 0 Å². The van der Waals surface area contributed by atoms with Crippen LogP contribution in [0.15, 0.2) is 12.1 Å². The molecule has 1 N–H and O–H groups in total. The highest BCUT2D eigenvalue weighted by atomic mass is 15.4. The van der Waals surface area contributed by atoms with Crippen LogP contribution in [-0.2, 0) is 0 Å². The maximum absolute atomic E-state index is 3.65. The zero-order chi connectivity index (χ0) is 11.1. The molecule has 3 heteroatoms. The van der Waals surface area contributed by atoms with Gasteiger partial charge in [0.15, 0.2) is 0 Å². The highest BCUT2D eigenvalue weighted by Gasteiger charge is 2.34. The molecule has 1 saturated carbocycles. The van der Waals surface area contributed by atoms with Crippen LogP contribution in [-0.4, -0.2) is 34.7 Å². The van der Waals surface area contributed by atoms with Gasteiger partial charge in [0, 0.05) is 30.5 Å². The zero-order valence-electron chi connectivity index (χ0n) is 10.2. The molecule has 0 spiro atoms. The van der Waals surface area contributed by atoms with Crippen LogP contribution < -0.4 is 5.43 Å². The van der Waals surface area contributed by atoms with Gasteiger partial charge in [0.05, 0.1) is 6.04 Å². The van der Waals surface area contributed by atoms with E-state index in [9.17, 15) is 0 Å². The van der Waals surface area contributed by atoms with Crippen molar-refractivity contribution in [2.24, 2.45) is 0 Å². The van der Waals surface area contributed by atoms with E-state index in [2.05, 4.69) is 41.0 Å². The summed E-state index contributed by atoms with van der Waals surface area (Å²) in [7, 11) is 0. The Bertz CT molecular complexity index is 359. The number of nitrogens with one attached hydrogen (secondary N) is 1. The minimum absolute atomic E-state index is 0.630. The van der Waals surface area contributed by atoms with Crippen LogP contribution in [0, 0.1) is 13.8 Å². The summed E-state index contributed by atoms with van der Waals surface area (Å²) in [4.78, 5) is 2.64. The van der Waals surface area contributed by atoms with Gasteiger partial charge in [-0.25, -0.2) is 0 Å². The van der Waals surface area contributed by atoms with Gasteiger partial charge in [-0.3, -0.25) is 9.58 Å². The van der Waals surface area contributed by atoms with E-state index in [4.69, 9.17) is 0 Å². The van der Waals surface area contributed by atoms with Crippen molar-refractivity contribution in [2.75, 3.05) is 18.5 Å². The Morgan fingerprint density at radius 2 is 1.81 bits per heavy atom. The van der Waals surface area contributed by atoms with Crippen molar-refractivity contribution in [3.8, 4) is 0 Å². The van der Waals surface area contributed by atoms with Crippen LogP contribution in [0.25, 0.3) is 0 Å². The Kier molecular flexibility index (Phi) is 2.43. The standard InChI is InChI=1S/C13H21N3/c1-10-3-4-11(2)16(10)14-12-7-8-15(9-12)13-5-6-13/h3-4,12-14H,5-9H2,1-2H3. The van der Waals surface area contributed by atoms with Gasteiger partial charge >= 0.3 is 0 Å². The molecule has 2 aliphatic rings. The van der Waals surface area contributed by atoms with E-state index in [1.54, 1.807) is 0 Å². The Hall–Kier alpha value is -0.960. The summed E-state index contributed by atoms with van der Waals surface area (Å²) in [6, 6.07) is 5.90. The van der Waals surface area contributed by atoms with Crippen molar-refractivity contribution in [2.45, 2.75) is 45.2 Å². The summed E-state index contributed by atoms with van der Waals surface area (Å²) in [6.07, 6.45) is 4.14. The summed E-state index contributed by atoms with van der Waals surface area (Å²) < 4.78 is 2.24. The van der Waals surface area contributed by atoms with Gasteiger partial charge in [-0.1, -0.05) is 0 Å². The minimum atomic E-state index is 0.630. The van der Waals surface area contributed by atoms with Gasteiger partial charge in [-0.05, 0) is 45.2 Å². The van der Waals surface area contributed by atoms with Crippen LogP contribution in [0.3, 0.4) is 0 Å². The van der Waals surface area contributed by atoms with Crippen molar-refractivity contribution >= 4 is 0 Å². The first-order valence-corrected chi connectivity index (χ1v) is 6.39. The molecule has 0 bridgehead atoms. The topological polar surface area (TPSA) is 20.2 Å². The average Bonchev–Trinajstić information content (AvgIpc) is 2.95. The van der Waals surface area contributed by atoms with E-state index < -0.39 is 0 Å². The summed E-state index contributed by atoms with van der Waals surface area (Å²) >= 11 is 0. The zero-order valence-corrected chi connectivity index (χ0v) is 10.2. The highest BCUT2D eigenvalue weighted by Crippen LogP contribution is 2.30. The fourth-order valence-corrected chi connectivity index (χ4v) is 2.72. The first kappa shape index (κ1) is 10.2. The molecule has 0 amide bonds. The predicted octanol–water partition coefficient (Wildman–Crippen LogP) is 1.89. The van der Waals surface area contributed by atoms with Crippen LogP contribution in [0.1, 0.15) is 30.7 Å². The molecule has 88 valence electrons. The number of aryl methyl sites for hydroxylation is 2. The summed E-state index contributed by atoms with van der Waals surface area (Å²) in [5.74, 6) is 0.